The molecule has 0 aliphatic rings. The Bertz CT molecular complexity index is 782. The van der Waals surface area contributed by atoms with Gasteiger partial charge in [0.05, 0.1) is 16.6 Å². The maximum absolute atomic E-state index is 13.3. The number of phenolic OH excluding ortho intramolecular Hbond substituents is 1. The summed E-state index contributed by atoms with van der Waals surface area (Å²) in [6.45, 7) is 0. The number of halogens is 2. The minimum Gasteiger partial charge on any atom is -0.507 e. The Morgan fingerprint density at radius 3 is 2.74 bits per heavy atom. The smallest absolute Gasteiger partial charge is 0.144 e. The van der Waals surface area contributed by atoms with Crippen LogP contribution in [0.2, 0.25) is 5.02 Å². The largest absolute Gasteiger partial charge is 0.507 e. The summed E-state index contributed by atoms with van der Waals surface area (Å²) in [4.78, 5) is 4.41. The highest BCUT2D eigenvalue weighted by molar-refractivity contribution is 6.30. The van der Waals surface area contributed by atoms with E-state index in [1.807, 2.05) is 0 Å². The molecule has 0 atom stereocenters. The molecule has 5 heteroatoms. The molecule has 0 unspecified atom stereocenters. The number of fused-ring (bicyclic) bond motifs is 1. The van der Waals surface area contributed by atoms with E-state index in [1.165, 1.54) is 18.2 Å². The first-order chi connectivity index (χ1) is 9.06. The second-order valence-corrected chi connectivity index (χ2v) is 4.73. The minimum absolute atomic E-state index is 0.0476. The zero-order chi connectivity index (χ0) is 13.6. The first-order valence-corrected chi connectivity index (χ1v) is 6.05. The van der Waals surface area contributed by atoms with Crippen molar-refractivity contribution in [3.8, 4) is 17.1 Å². The molecule has 3 nitrogen and oxygen atoms in total. The molecule has 0 aliphatic heterocycles. The van der Waals surface area contributed by atoms with E-state index in [1.54, 1.807) is 29.8 Å². The van der Waals surface area contributed by atoms with Crippen LogP contribution < -0.4 is 0 Å². The van der Waals surface area contributed by atoms with Crippen molar-refractivity contribution >= 4 is 22.6 Å². The average molecular weight is 277 g/mol. The highest BCUT2D eigenvalue weighted by atomic mass is 35.5. The molecule has 96 valence electrons. The lowest BCUT2D eigenvalue weighted by atomic mass is 10.2. The van der Waals surface area contributed by atoms with Gasteiger partial charge >= 0.3 is 0 Å². The molecule has 0 amide bonds. The summed E-state index contributed by atoms with van der Waals surface area (Å²) in [7, 11) is 1.78. The van der Waals surface area contributed by atoms with Gasteiger partial charge in [0.2, 0.25) is 0 Å². The van der Waals surface area contributed by atoms with Crippen LogP contribution in [0.15, 0.2) is 36.4 Å². The second-order valence-electron chi connectivity index (χ2n) is 4.29. The maximum Gasteiger partial charge on any atom is 0.144 e. The van der Waals surface area contributed by atoms with Crippen molar-refractivity contribution in [2.45, 2.75) is 0 Å². The number of nitrogens with zero attached hydrogens (tertiary/aromatic N) is 2. The first-order valence-electron chi connectivity index (χ1n) is 5.67. The van der Waals surface area contributed by atoms with Gasteiger partial charge in [0.15, 0.2) is 0 Å². The van der Waals surface area contributed by atoms with E-state index in [0.717, 1.165) is 0 Å². The topological polar surface area (TPSA) is 38.0 Å². The Balaban J connectivity index is 2.28. The first kappa shape index (κ1) is 12.0. The van der Waals surface area contributed by atoms with Gasteiger partial charge in [-0.2, -0.15) is 0 Å². The molecular weight excluding hydrogens is 267 g/mol. The Morgan fingerprint density at radius 2 is 2.00 bits per heavy atom. The van der Waals surface area contributed by atoms with Crippen molar-refractivity contribution in [2.75, 3.05) is 0 Å². The van der Waals surface area contributed by atoms with E-state index < -0.39 is 0 Å². The summed E-state index contributed by atoms with van der Waals surface area (Å²) in [6.07, 6.45) is 0. The third-order valence-corrected chi connectivity index (χ3v) is 3.28. The number of rotatable bonds is 1. The van der Waals surface area contributed by atoms with Crippen LogP contribution >= 0.6 is 11.6 Å². The number of aromatic hydroxyl groups is 1. The zero-order valence-corrected chi connectivity index (χ0v) is 10.8. The molecule has 0 saturated heterocycles. The van der Waals surface area contributed by atoms with Gasteiger partial charge in [0.1, 0.15) is 17.4 Å². The van der Waals surface area contributed by atoms with E-state index in [9.17, 15) is 9.50 Å². The van der Waals surface area contributed by atoms with Crippen LogP contribution in [0, 0.1) is 5.82 Å². The molecule has 19 heavy (non-hydrogen) atoms. The monoisotopic (exact) mass is 276 g/mol. The molecule has 3 aromatic rings. The van der Waals surface area contributed by atoms with E-state index in [4.69, 9.17) is 11.6 Å². The summed E-state index contributed by atoms with van der Waals surface area (Å²) >= 11 is 5.81. The number of phenols is 1. The Morgan fingerprint density at radius 1 is 1.21 bits per heavy atom. The van der Waals surface area contributed by atoms with Crippen LogP contribution in [-0.2, 0) is 7.05 Å². The van der Waals surface area contributed by atoms with Crippen LogP contribution in [0.4, 0.5) is 4.39 Å². The number of imidazole rings is 1. The number of aromatic nitrogens is 2. The van der Waals surface area contributed by atoms with Crippen LogP contribution in [-0.4, -0.2) is 14.7 Å². The Kier molecular flexibility index (Phi) is 2.68. The maximum atomic E-state index is 13.3. The van der Waals surface area contributed by atoms with Crippen molar-refractivity contribution in [3.63, 3.8) is 0 Å². The summed E-state index contributed by atoms with van der Waals surface area (Å²) in [6, 6.07) is 9.21. The SMILES string of the molecule is Cn1c(-c2ccc(Cl)cc2O)nc2ccc(F)cc21. The third-order valence-electron chi connectivity index (χ3n) is 3.04. The summed E-state index contributed by atoms with van der Waals surface area (Å²) in [5, 5.41) is 10.4. The van der Waals surface area contributed by atoms with E-state index in [-0.39, 0.29) is 11.6 Å². The third kappa shape index (κ3) is 1.94. The number of benzene rings is 2. The van der Waals surface area contributed by atoms with Crippen molar-refractivity contribution in [1.29, 1.82) is 0 Å². The summed E-state index contributed by atoms with van der Waals surface area (Å²) < 4.78 is 15.0. The zero-order valence-electron chi connectivity index (χ0n) is 10.1. The molecule has 0 aliphatic carbocycles. The highest BCUT2D eigenvalue weighted by Crippen LogP contribution is 2.32. The van der Waals surface area contributed by atoms with Crippen LogP contribution in [0.3, 0.4) is 0 Å². The lowest BCUT2D eigenvalue weighted by Gasteiger charge is -2.05. The predicted octanol–water partition coefficient (Wildman–Crippen LogP) is 3.74. The molecule has 0 radical (unpaired) electrons. The van der Waals surface area contributed by atoms with E-state index in [0.29, 0.717) is 27.4 Å². The van der Waals surface area contributed by atoms with Gasteiger partial charge in [-0.05, 0) is 36.4 Å². The Labute approximate surface area is 113 Å². The number of aryl methyl sites for hydroxylation is 1. The van der Waals surface area contributed by atoms with Crippen LogP contribution in [0.5, 0.6) is 5.75 Å². The van der Waals surface area contributed by atoms with Crippen molar-refractivity contribution in [2.24, 2.45) is 7.05 Å². The predicted molar refractivity (Wildman–Crippen MR) is 72.8 cm³/mol. The fourth-order valence-electron chi connectivity index (χ4n) is 2.10. The number of hydrogen-bond donors (Lipinski definition) is 1. The molecule has 0 saturated carbocycles. The van der Waals surface area contributed by atoms with Gasteiger partial charge in [-0.1, -0.05) is 11.6 Å². The van der Waals surface area contributed by atoms with Crippen molar-refractivity contribution < 1.29 is 9.50 Å². The summed E-state index contributed by atoms with van der Waals surface area (Å²) in [5.74, 6) is 0.295. The average Bonchev–Trinajstić information content (AvgIpc) is 2.67. The molecule has 0 fully saturated rings. The molecule has 0 bridgehead atoms. The number of hydrogen-bond acceptors (Lipinski definition) is 2. The standard InChI is InChI=1S/C14H10ClFN2O/c1-18-12-7-9(16)3-5-11(12)17-14(18)10-4-2-8(15)6-13(10)19/h2-7,19H,1H3. The van der Waals surface area contributed by atoms with Gasteiger partial charge in [-0.15, -0.1) is 0 Å². The lowest BCUT2D eigenvalue weighted by molar-refractivity contribution is 0.476. The van der Waals surface area contributed by atoms with Crippen molar-refractivity contribution in [1.82, 2.24) is 9.55 Å². The molecule has 1 aromatic heterocycles. The fraction of sp³-hybridized carbons (Fsp3) is 0.0714. The summed E-state index contributed by atoms with van der Waals surface area (Å²) in [5.41, 5.74) is 1.90. The minimum atomic E-state index is -0.317. The highest BCUT2D eigenvalue weighted by Gasteiger charge is 2.13. The normalized spacial score (nSPS) is 11.1. The molecule has 2 aromatic carbocycles. The van der Waals surface area contributed by atoms with E-state index in [2.05, 4.69) is 4.98 Å². The quantitative estimate of drug-likeness (QED) is 0.735. The van der Waals surface area contributed by atoms with Crippen LogP contribution in [0.25, 0.3) is 22.4 Å². The van der Waals surface area contributed by atoms with Gasteiger partial charge in [-0.25, -0.2) is 9.37 Å². The van der Waals surface area contributed by atoms with Gasteiger partial charge < -0.3 is 9.67 Å². The molecule has 3 rings (SSSR count). The molecular formula is C14H10ClFN2O. The lowest BCUT2D eigenvalue weighted by Crippen LogP contribution is -1.93. The van der Waals surface area contributed by atoms with Gasteiger partial charge in [0, 0.05) is 12.1 Å². The van der Waals surface area contributed by atoms with E-state index >= 15 is 0 Å². The van der Waals surface area contributed by atoms with Gasteiger partial charge in [0.25, 0.3) is 0 Å². The van der Waals surface area contributed by atoms with Gasteiger partial charge in [-0.3, -0.25) is 0 Å². The molecule has 1 heterocycles. The molecule has 1 N–H and O–H groups in total. The van der Waals surface area contributed by atoms with Crippen LogP contribution in [0.1, 0.15) is 0 Å². The van der Waals surface area contributed by atoms with Crippen molar-refractivity contribution in [3.05, 3.63) is 47.2 Å². The second kappa shape index (κ2) is 4.24. The Hall–Kier alpha value is -2.07. The fourth-order valence-corrected chi connectivity index (χ4v) is 2.26. The molecule has 0 spiro atoms.